The van der Waals surface area contributed by atoms with Gasteiger partial charge in [-0.25, -0.2) is 0 Å². The molecule has 4 rings (SSSR count). The van der Waals surface area contributed by atoms with E-state index < -0.39 is 0 Å². The van der Waals surface area contributed by atoms with Gasteiger partial charge in [0.2, 0.25) is 0 Å². The third-order valence-electron chi connectivity index (χ3n) is 5.41. The van der Waals surface area contributed by atoms with E-state index in [4.69, 9.17) is 12.2 Å². The van der Waals surface area contributed by atoms with Crippen molar-refractivity contribution in [1.82, 2.24) is 14.9 Å². The van der Waals surface area contributed by atoms with Crippen LogP contribution in [0.1, 0.15) is 43.4 Å². The van der Waals surface area contributed by atoms with E-state index >= 15 is 0 Å². The molecule has 3 heterocycles. The minimum absolute atomic E-state index is 0.0139. The first kappa shape index (κ1) is 19.5. The normalized spacial score (nSPS) is 18.9. The van der Waals surface area contributed by atoms with Gasteiger partial charge in [0.1, 0.15) is 6.04 Å². The summed E-state index contributed by atoms with van der Waals surface area (Å²) in [6, 6.07) is 19.2. The van der Waals surface area contributed by atoms with Gasteiger partial charge in [0.05, 0.1) is 11.7 Å². The Balaban J connectivity index is 1.82. The molecule has 0 unspecified atom stereocenters. The lowest BCUT2D eigenvalue weighted by Crippen LogP contribution is -2.30. The topological polar surface area (TPSA) is 36.3 Å². The first-order valence-corrected chi connectivity index (χ1v) is 10.3. The minimum atomic E-state index is -0.0235. The number of hydrogen-bond donors (Lipinski definition) is 1. The molecule has 0 spiro atoms. The maximum atomic E-state index is 5.81. The third-order valence-corrected chi connectivity index (χ3v) is 5.73. The van der Waals surface area contributed by atoms with Gasteiger partial charge in [-0.3, -0.25) is 4.98 Å². The standard InChI is InChI=1S/C23H27N5S/c1-16(2)27-15-7-9-20(27)22-21(19-8-5-6-14-24-19)25-23(29)28(22)18-12-10-17(11-13-18)26(3)4/h5-16,21-22H,1-4H3,(H,25,29)/t21-,22-/m1/s1. The summed E-state index contributed by atoms with van der Waals surface area (Å²) < 4.78 is 2.32. The minimum Gasteiger partial charge on any atom is -0.378 e. The number of hydrogen-bond acceptors (Lipinski definition) is 3. The molecule has 150 valence electrons. The summed E-state index contributed by atoms with van der Waals surface area (Å²) in [7, 11) is 4.10. The Hall–Kier alpha value is -2.86. The first-order valence-electron chi connectivity index (χ1n) is 9.92. The second-order valence-corrected chi connectivity index (χ2v) is 8.23. The fourth-order valence-corrected chi connectivity index (χ4v) is 4.32. The maximum absolute atomic E-state index is 5.81. The van der Waals surface area contributed by atoms with Crippen molar-refractivity contribution in [3.63, 3.8) is 0 Å². The summed E-state index contributed by atoms with van der Waals surface area (Å²) in [4.78, 5) is 8.95. The highest BCUT2D eigenvalue weighted by atomic mass is 32.1. The number of rotatable bonds is 5. The van der Waals surface area contributed by atoms with E-state index in [0.29, 0.717) is 6.04 Å². The highest BCUT2D eigenvalue weighted by molar-refractivity contribution is 7.80. The average molecular weight is 406 g/mol. The molecule has 0 aliphatic carbocycles. The SMILES string of the molecule is CC(C)n1cccc1[C@@H]1[C@@H](c2ccccn2)NC(=S)N1c1ccc(N(C)C)cc1. The van der Waals surface area contributed by atoms with E-state index in [-0.39, 0.29) is 12.1 Å². The van der Waals surface area contributed by atoms with Crippen LogP contribution in [-0.2, 0) is 0 Å². The van der Waals surface area contributed by atoms with Crippen LogP contribution in [-0.4, -0.2) is 28.8 Å². The zero-order chi connectivity index (χ0) is 20.5. The summed E-state index contributed by atoms with van der Waals surface area (Å²) in [5, 5.41) is 4.25. The Morgan fingerprint density at radius 2 is 1.79 bits per heavy atom. The van der Waals surface area contributed by atoms with Gasteiger partial charge in [-0.05, 0) is 74.6 Å². The summed E-state index contributed by atoms with van der Waals surface area (Å²) in [5.41, 5.74) is 4.45. The molecule has 1 aliphatic rings. The predicted octanol–water partition coefficient (Wildman–Crippen LogP) is 4.71. The van der Waals surface area contributed by atoms with Crippen LogP contribution in [0, 0.1) is 0 Å². The monoisotopic (exact) mass is 405 g/mol. The van der Waals surface area contributed by atoms with Crippen molar-refractivity contribution in [3.05, 3.63) is 78.4 Å². The molecule has 0 saturated carbocycles. The molecule has 0 bridgehead atoms. The van der Waals surface area contributed by atoms with Crippen LogP contribution in [0.5, 0.6) is 0 Å². The number of thiocarbonyl (C=S) groups is 1. The molecule has 2 aromatic heterocycles. The summed E-state index contributed by atoms with van der Waals surface area (Å²) in [5.74, 6) is 0. The van der Waals surface area contributed by atoms with Crippen LogP contribution in [0.25, 0.3) is 0 Å². The first-order chi connectivity index (χ1) is 14.0. The van der Waals surface area contributed by atoms with Crippen LogP contribution in [0.4, 0.5) is 11.4 Å². The summed E-state index contributed by atoms with van der Waals surface area (Å²) in [6.07, 6.45) is 3.98. The van der Waals surface area contributed by atoms with Gasteiger partial charge >= 0.3 is 0 Å². The second kappa shape index (κ2) is 7.87. The van der Waals surface area contributed by atoms with Gasteiger partial charge in [0, 0.05) is 49.6 Å². The van der Waals surface area contributed by atoms with E-state index in [1.807, 2.05) is 32.4 Å². The fourth-order valence-electron chi connectivity index (χ4n) is 3.97. The Bertz CT molecular complexity index is 978. The van der Waals surface area contributed by atoms with Crippen molar-refractivity contribution in [2.75, 3.05) is 23.9 Å². The van der Waals surface area contributed by atoms with Crippen molar-refractivity contribution in [3.8, 4) is 0 Å². The highest BCUT2D eigenvalue weighted by Crippen LogP contribution is 2.42. The molecule has 3 aromatic rings. The molecule has 1 aromatic carbocycles. The van der Waals surface area contributed by atoms with Crippen LogP contribution in [0.2, 0.25) is 0 Å². The van der Waals surface area contributed by atoms with Gasteiger partial charge < -0.3 is 19.7 Å². The molecule has 29 heavy (non-hydrogen) atoms. The van der Waals surface area contributed by atoms with Crippen LogP contribution in [0.15, 0.2) is 67.0 Å². The van der Waals surface area contributed by atoms with E-state index in [1.54, 1.807) is 0 Å². The molecule has 0 amide bonds. The van der Waals surface area contributed by atoms with Crippen LogP contribution in [0.3, 0.4) is 0 Å². The van der Waals surface area contributed by atoms with Crippen molar-refractivity contribution < 1.29 is 0 Å². The van der Waals surface area contributed by atoms with Crippen molar-refractivity contribution in [2.45, 2.75) is 32.0 Å². The Kier molecular flexibility index (Phi) is 5.28. The quantitative estimate of drug-likeness (QED) is 0.622. The predicted molar refractivity (Wildman–Crippen MR) is 124 cm³/mol. The van der Waals surface area contributed by atoms with E-state index in [0.717, 1.165) is 22.2 Å². The lowest BCUT2D eigenvalue weighted by Gasteiger charge is -2.30. The molecule has 1 N–H and O–H groups in total. The summed E-state index contributed by atoms with van der Waals surface area (Å²) >= 11 is 5.81. The Morgan fingerprint density at radius 3 is 2.41 bits per heavy atom. The Labute approximate surface area is 178 Å². The molecule has 1 fully saturated rings. The number of pyridine rings is 1. The van der Waals surface area contributed by atoms with E-state index in [9.17, 15) is 0 Å². The molecule has 6 heteroatoms. The van der Waals surface area contributed by atoms with Gasteiger partial charge in [-0.15, -0.1) is 0 Å². The molecule has 1 saturated heterocycles. The zero-order valence-corrected chi connectivity index (χ0v) is 18.1. The number of nitrogens with zero attached hydrogens (tertiary/aromatic N) is 4. The molecular formula is C23H27N5S. The van der Waals surface area contributed by atoms with Crippen LogP contribution < -0.4 is 15.1 Å². The van der Waals surface area contributed by atoms with Crippen molar-refractivity contribution in [1.29, 1.82) is 0 Å². The molecule has 1 aliphatic heterocycles. The van der Waals surface area contributed by atoms with Gasteiger partial charge in [-0.1, -0.05) is 6.07 Å². The lowest BCUT2D eigenvalue weighted by molar-refractivity contribution is 0.497. The maximum Gasteiger partial charge on any atom is 0.174 e. The molecule has 5 nitrogen and oxygen atoms in total. The average Bonchev–Trinajstić information content (AvgIpc) is 3.33. The highest BCUT2D eigenvalue weighted by Gasteiger charge is 2.42. The van der Waals surface area contributed by atoms with Gasteiger partial charge in [0.15, 0.2) is 5.11 Å². The number of aromatic nitrogens is 2. The largest absolute Gasteiger partial charge is 0.378 e. The third kappa shape index (κ3) is 3.60. The van der Waals surface area contributed by atoms with Crippen molar-refractivity contribution in [2.24, 2.45) is 0 Å². The van der Waals surface area contributed by atoms with E-state index in [2.05, 4.69) is 87.2 Å². The Morgan fingerprint density at radius 1 is 1.03 bits per heavy atom. The number of nitrogens with one attached hydrogen (secondary N) is 1. The number of benzene rings is 1. The zero-order valence-electron chi connectivity index (χ0n) is 17.3. The molecule has 2 atom stereocenters. The molecular weight excluding hydrogens is 378 g/mol. The fraction of sp³-hybridized carbons (Fsp3) is 0.304. The lowest BCUT2D eigenvalue weighted by atomic mass is 10.0. The smallest absolute Gasteiger partial charge is 0.174 e. The van der Waals surface area contributed by atoms with Crippen LogP contribution >= 0.6 is 12.2 Å². The van der Waals surface area contributed by atoms with Crippen molar-refractivity contribution >= 4 is 28.7 Å². The summed E-state index contributed by atoms with van der Waals surface area (Å²) in [6.45, 7) is 4.41. The second-order valence-electron chi connectivity index (χ2n) is 7.84. The van der Waals surface area contributed by atoms with Gasteiger partial charge in [-0.2, -0.15) is 0 Å². The van der Waals surface area contributed by atoms with Gasteiger partial charge in [0.25, 0.3) is 0 Å². The van der Waals surface area contributed by atoms with E-state index in [1.165, 1.54) is 5.69 Å². The molecule has 0 radical (unpaired) electrons. The number of anilines is 2.